The number of amides is 2. The fourth-order valence-corrected chi connectivity index (χ4v) is 2.59. The third-order valence-electron chi connectivity index (χ3n) is 3.00. The van der Waals surface area contributed by atoms with Gasteiger partial charge in [0.1, 0.15) is 0 Å². The number of carbonyl (C=O) groups is 2. The highest BCUT2D eigenvalue weighted by Gasteiger charge is 2.10. The molecular weight excluding hydrogens is 382 g/mol. The number of benzene rings is 2. The van der Waals surface area contributed by atoms with Crippen LogP contribution in [0, 0.1) is 6.92 Å². The summed E-state index contributed by atoms with van der Waals surface area (Å²) in [5.41, 5.74) is 6.83. The van der Waals surface area contributed by atoms with Gasteiger partial charge in [-0.25, -0.2) is 0 Å². The minimum atomic E-state index is -0.404. The second-order valence-electron chi connectivity index (χ2n) is 4.82. The molecular formula is C16H15BrClN3O2. The summed E-state index contributed by atoms with van der Waals surface area (Å²) in [6, 6.07) is 12.4. The zero-order valence-corrected chi connectivity index (χ0v) is 14.7. The van der Waals surface area contributed by atoms with Crippen LogP contribution in [0.4, 0.5) is 5.69 Å². The van der Waals surface area contributed by atoms with Crippen LogP contribution in [-0.4, -0.2) is 18.4 Å². The predicted molar refractivity (Wildman–Crippen MR) is 94.4 cm³/mol. The van der Waals surface area contributed by atoms with E-state index < -0.39 is 5.91 Å². The van der Waals surface area contributed by atoms with Crippen LogP contribution in [0.15, 0.2) is 46.9 Å². The van der Waals surface area contributed by atoms with Crippen LogP contribution in [0.2, 0.25) is 5.02 Å². The van der Waals surface area contributed by atoms with Gasteiger partial charge in [-0.3, -0.25) is 20.4 Å². The molecule has 0 aliphatic carbocycles. The van der Waals surface area contributed by atoms with Gasteiger partial charge < -0.3 is 5.32 Å². The lowest BCUT2D eigenvalue weighted by molar-refractivity contribution is -0.120. The second kappa shape index (κ2) is 7.99. The van der Waals surface area contributed by atoms with Gasteiger partial charge in [-0.15, -0.1) is 0 Å². The van der Waals surface area contributed by atoms with E-state index >= 15 is 0 Å². The molecule has 2 rings (SSSR count). The monoisotopic (exact) mass is 395 g/mol. The topological polar surface area (TPSA) is 70.2 Å². The Morgan fingerprint density at radius 3 is 2.57 bits per heavy atom. The van der Waals surface area contributed by atoms with E-state index in [-0.39, 0.29) is 12.5 Å². The smallest absolute Gasteiger partial charge is 0.270 e. The van der Waals surface area contributed by atoms with E-state index in [0.29, 0.717) is 20.7 Å². The molecule has 0 spiro atoms. The Balaban J connectivity index is 1.83. The van der Waals surface area contributed by atoms with Crippen molar-refractivity contribution < 1.29 is 9.59 Å². The van der Waals surface area contributed by atoms with Gasteiger partial charge in [-0.2, -0.15) is 0 Å². The van der Waals surface area contributed by atoms with Crippen LogP contribution in [0.3, 0.4) is 0 Å². The van der Waals surface area contributed by atoms with Gasteiger partial charge >= 0.3 is 0 Å². The van der Waals surface area contributed by atoms with Gasteiger partial charge in [-0.05, 0) is 52.7 Å². The van der Waals surface area contributed by atoms with Crippen LogP contribution in [0.1, 0.15) is 15.9 Å². The molecule has 0 unspecified atom stereocenters. The highest BCUT2D eigenvalue weighted by molar-refractivity contribution is 9.10. The molecule has 3 N–H and O–H groups in total. The first kappa shape index (κ1) is 17.3. The summed E-state index contributed by atoms with van der Waals surface area (Å²) in [5.74, 6) is -0.791. The van der Waals surface area contributed by atoms with Crippen molar-refractivity contribution in [3.63, 3.8) is 0 Å². The van der Waals surface area contributed by atoms with Crippen LogP contribution in [0.25, 0.3) is 0 Å². The summed E-state index contributed by atoms with van der Waals surface area (Å²) in [5, 5.41) is 3.45. The third kappa shape index (κ3) is 4.97. The highest BCUT2D eigenvalue weighted by Crippen LogP contribution is 2.22. The van der Waals surface area contributed by atoms with E-state index in [4.69, 9.17) is 11.6 Å². The summed E-state index contributed by atoms with van der Waals surface area (Å²) in [6.45, 7) is 1.92. The lowest BCUT2D eigenvalue weighted by Crippen LogP contribution is -2.44. The largest absolute Gasteiger partial charge is 0.375 e. The second-order valence-corrected chi connectivity index (χ2v) is 6.08. The minimum Gasteiger partial charge on any atom is -0.375 e. The zero-order valence-electron chi connectivity index (χ0n) is 12.3. The van der Waals surface area contributed by atoms with E-state index in [9.17, 15) is 9.59 Å². The van der Waals surface area contributed by atoms with Crippen molar-refractivity contribution in [1.82, 2.24) is 10.9 Å². The van der Waals surface area contributed by atoms with Gasteiger partial charge in [0.2, 0.25) is 0 Å². The Labute approximate surface area is 147 Å². The summed E-state index contributed by atoms with van der Waals surface area (Å²) in [7, 11) is 0. The van der Waals surface area contributed by atoms with Crippen LogP contribution >= 0.6 is 27.5 Å². The first-order valence-electron chi connectivity index (χ1n) is 6.81. The molecule has 2 aromatic carbocycles. The van der Waals surface area contributed by atoms with Crippen molar-refractivity contribution in [3.8, 4) is 0 Å². The van der Waals surface area contributed by atoms with E-state index in [1.54, 1.807) is 36.4 Å². The fraction of sp³-hybridized carbons (Fsp3) is 0.125. The van der Waals surface area contributed by atoms with E-state index in [1.165, 1.54) is 0 Å². The lowest BCUT2D eigenvalue weighted by atomic mass is 10.2. The van der Waals surface area contributed by atoms with Crippen molar-refractivity contribution in [3.05, 3.63) is 63.1 Å². The van der Waals surface area contributed by atoms with Crippen molar-refractivity contribution in [1.29, 1.82) is 0 Å². The summed E-state index contributed by atoms with van der Waals surface area (Å²) in [4.78, 5) is 23.7. The number of carbonyl (C=O) groups excluding carboxylic acids is 2. The Hall–Kier alpha value is -2.05. The van der Waals surface area contributed by atoms with Crippen LogP contribution in [-0.2, 0) is 4.79 Å². The maximum atomic E-state index is 11.9. The molecule has 0 saturated carbocycles. The van der Waals surface area contributed by atoms with Crippen molar-refractivity contribution in [2.45, 2.75) is 6.92 Å². The molecule has 0 bridgehead atoms. The lowest BCUT2D eigenvalue weighted by Gasteiger charge is -2.11. The van der Waals surface area contributed by atoms with Crippen molar-refractivity contribution >= 4 is 45.0 Å². The fourth-order valence-electron chi connectivity index (χ4n) is 1.82. The van der Waals surface area contributed by atoms with Crippen LogP contribution < -0.4 is 16.2 Å². The number of rotatable bonds is 4. The molecule has 0 heterocycles. The average molecular weight is 397 g/mol. The first-order chi connectivity index (χ1) is 11.0. The number of hydrogen-bond donors (Lipinski definition) is 3. The Kier molecular flexibility index (Phi) is 6.01. The summed E-state index contributed by atoms with van der Waals surface area (Å²) < 4.78 is 0.649. The quantitative estimate of drug-likeness (QED) is 0.695. The number of hydrazine groups is 1. The Morgan fingerprint density at radius 2 is 1.87 bits per heavy atom. The molecule has 0 atom stereocenters. The molecule has 0 aromatic heterocycles. The predicted octanol–water partition coefficient (Wildman–Crippen LogP) is 3.28. The van der Waals surface area contributed by atoms with Gasteiger partial charge in [0.05, 0.1) is 22.8 Å². The molecule has 2 aromatic rings. The average Bonchev–Trinajstić information content (AvgIpc) is 2.52. The maximum absolute atomic E-state index is 11.9. The van der Waals surface area contributed by atoms with Gasteiger partial charge in [0.15, 0.2) is 0 Å². The normalized spacial score (nSPS) is 10.0. The Bertz CT molecular complexity index is 737. The van der Waals surface area contributed by atoms with Crippen molar-refractivity contribution in [2.75, 3.05) is 11.9 Å². The molecule has 0 aliphatic rings. The molecule has 0 radical (unpaired) electrons. The molecule has 2 amide bonds. The number of aryl methyl sites for hydroxylation is 1. The first-order valence-corrected chi connectivity index (χ1v) is 7.98. The SMILES string of the molecule is Cc1ccc(NCC(=O)NNC(=O)c2ccccc2Br)c(Cl)c1. The maximum Gasteiger partial charge on any atom is 0.270 e. The third-order valence-corrected chi connectivity index (χ3v) is 4.00. The summed E-state index contributed by atoms with van der Waals surface area (Å²) >= 11 is 9.35. The minimum absolute atomic E-state index is 0.0149. The van der Waals surface area contributed by atoms with E-state index in [2.05, 4.69) is 32.1 Å². The number of hydrogen-bond acceptors (Lipinski definition) is 3. The van der Waals surface area contributed by atoms with Gasteiger partial charge in [0.25, 0.3) is 11.8 Å². The molecule has 5 nitrogen and oxygen atoms in total. The molecule has 0 aliphatic heterocycles. The molecule has 0 fully saturated rings. The number of anilines is 1. The van der Waals surface area contributed by atoms with Gasteiger partial charge in [0, 0.05) is 4.47 Å². The molecule has 120 valence electrons. The van der Waals surface area contributed by atoms with E-state index in [0.717, 1.165) is 5.56 Å². The standard InChI is InChI=1S/C16H15BrClN3O2/c1-10-6-7-14(13(18)8-10)19-9-15(22)20-21-16(23)11-4-2-3-5-12(11)17/h2-8,19H,9H2,1H3,(H,20,22)(H,21,23). The van der Waals surface area contributed by atoms with Crippen LogP contribution in [0.5, 0.6) is 0 Å². The molecule has 23 heavy (non-hydrogen) atoms. The number of halogens is 2. The van der Waals surface area contributed by atoms with Crippen molar-refractivity contribution in [2.24, 2.45) is 0 Å². The zero-order chi connectivity index (χ0) is 16.8. The summed E-state index contributed by atoms with van der Waals surface area (Å²) in [6.07, 6.45) is 0. The molecule has 7 heteroatoms. The number of nitrogens with one attached hydrogen (secondary N) is 3. The van der Waals surface area contributed by atoms with Gasteiger partial charge in [-0.1, -0.05) is 29.8 Å². The van der Waals surface area contributed by atoms with E-state index in [1.807, 2.05) is 13.0 Å². The highest BCUT2D eigenvalue weighted by atomic mass is 79.9. The molecule has 0 saturated heterocycles. The Morgan fingerprint density at radius 1 is 1.13 bits per heavy atom.